The van der Waals surface area contributed by atoms with E-state index in [4.69, 9.17) is 0 Å². The summed E-state index contributed by atoms with van der Waals surface area (Å²) in [6, 6.07) is 10.0. The van der Waals surface area contributed by atoms with Gasteiger partial charge in [-0.15, -0.1) is 0 Å². The zero-order valence-corrected chi connectivity index (χ0v) is 15.7. The molecule has 2 aromatic rings. The van der Waals surface area contributed by atoms with Gasteiger partial charge in [-0.25, -0.2) is 0 Å². The Labute approximate surface area is 160 Å². The molecule has 5 heteroatoms. The van der Waals surface area contributed by atoms with E-state index < -0.39 is 0 Å². The fourth-order valence-corrected chi connectivity index (χ4v) is 4.17. The van der Waals surface area contributed by atoms with E-state index in [1.54, 1.807) is 0 Å². The molecule has 1 aromatic heterocycles. The van der Waals surface area contributed by atoms with Crippen LogP contribution in [-0.2, 0) is 24.1 Å². The number of hydrogen-bond donors (Lipinski definition) is 1. The molecule has 1 fully saturated rings. The molecular weight excluding hydrogens is 338 g/mol. The van der Waals surface area contributed by atoms with Gasteiger partial charge in [-0.2, -0.15) is 0 Å². The molecule has 1 saturated heterocycles. The first-order valence-electron chi connectivity index (χ1n) is 10.0. The highest BCUT2D eigenvalue weighted by atomic mass is 16.2. The van der Waals surface area contributed by atoms with Crippen LogP contribution in [0.4, 0.5) is 0 Å². The minimum Gasteiger partial charge on any atom is -0.365 e. The Hall–Kier alpha value is -2.56. The van der Waals surface area contributed by atoms with Gasteiger partial charge in [0.1, 0.15) is 0 Å². The average molecular weight is 365 g/mol. The number of aromatic amines is 1. The first kappa shape index (κ1) is 17.8. The predicted octanol–water partition coefficient (Wildman–Crippen LogP) is 2.81. The molecule has 0 unspecified atom stereocenters. The maximum atomic E-state index is 13.0. The normalized spacial score (nSPS) is 17.3. The van der Waals surface area contributed by atoms with E-state index >= 15 is 0 Å². The smallest absolute Gasteiger partial charge is 0.253 e. The summed E-state index contributed by atoms with van der Waals surface area (Å²) in [6.07, 6.45) is 7.73. The topological polar surface area (TPSA) is 56.4 Å². The number of aryl methyl sites for hydroxylation is 2. The monoisotopic (exact) mass is 365 g/mol. The largest absolute Gasteiger partial charge is 0.365 e. The molecule has 27 heavy (non-hydrogen) atoms. The van der Waals surface area contributed by atoms with Crippen LogP contribution in [0.15, 0.2) is 36.5 Å². The van der Waals surface area contributed by atoms with Crippen molar-refractivity contribution >= 4 is 11.8 Å². The maximum Gasteiger partial charge on any atom is 0.253 e. The highest BCUT2D eigenvalue weighted by Gasteiger charge is 2.23. The number of hydrogen-bond acceptors (Lipinski definition) is 2. The van der Waals surface area contributed by atoms with Crippen molar-refractivity contribution in [3.8, 4) is 0 Å². The Kier molecular flexibility index (Phi) is 5.28. The minimum atomic E-state index is 0.0991. The van der Waals surface area contributed by atoms with Gasteiger partial charge in [0, 0.05) is 43.6 Å². The van der Waals surface area contributed by atoms with E-state index in [-0.39, 0.29) is 11.8 Å². The lowest BCUT2D eigenvalue weighted by molar-refractivity contribution is -0.130. The zero-order valence-electron chi connectivity index (χ0n) is 15.7. The molecule has 142 valence electrons. The van der Waals surface area contributed by atoms with Gasteiger partial charge in [0.15, 0.2) is 0 Å². The molecule has 1 N–H and O–H groups in total. The summed E-state index contributed by atoms with van der Waals surface area (Å²) in [5.41, 5.74) is 4.47. The van der Waals surface area contributed by atoms with Gasteiger partial charge in [-0.1, -0.05) is 6.07 Å². The molecule has 0 bridgehead atoms. The van der Waals surface area contributed by atoms with Crippen molar-refractivity contribution in [2.24, 2.45) is 0 Å². The molecule has 0 atom stereocenters. The third-order valence-corrected chi connectivity index (χ3v) is 5.74. The Balaban J connectivity index is 1.39. The number of nitrogens with one attached hydrogen (secondary N) is 1. The molecular formula is C22H27N3O2. The zero-order chi connectivity index (χ0) is 18.6. The maximum absolute atomic E-state index is 13.0. The Morgan fingerprint density at radius 1 is 0.889 bits per heavy atom. The van der Waals surface area contributed by atoms with Crippen LogP contribution in [0.1, 0.15) is 46.4 Å². The second-order valence-corrected chi connectivity index (χ2v) is 7.59. The third-order valence-electron chi connectivity index (χ3n) is 5.74. The summed E-state index contributed by atoms with van der Waals surface area (Å²) in [4.78, 5) is 32.4. The second-order valence-electron chi connectivity index (χ2n) is 7.59. The summed E-state index contributed by atoms with van der Waals surface area (Å²) in [5.74, 6) is 0.225. The lowest BCUT2D eigenvalue weighted by atomic mass is 9.90. The Morgan fingerprint density at radius 3 is 2.48 bits per heavy atom. The molecule has 0 spiro atoms. The van der Waals surface area contributed by atoms with Gasteiger partial charge >= 0.3 is 0 Å². The van der Waals surface area contributed by atoms with Crippen molar-refractivity contribution in [1.82, 2.24) is 14.8 Å². The van der Waals surface area contributed by atoms with Crippen LogP contribution in [0, 0.1) is 0 Å². The van der Waals surface area contributed by atoms with Crippen molar-refractivity contribution in [2.75, 3.05) is 26.2 Å². The number of H-pyrrole nitrogens is 1. The molecule has 1 aliphatic heterocycles. The first-order valence-corrected chi connectivity index (χ1v) is 10.0. The molecule has 1 aliphatic carbocycles. The standard InChI is InChI=1S/C22H27N3O2/c26-21(16-20-7-3-10-23-20)24-11-4-12-25(14-13-24)22(27)19-9-8-17-5-1-2-6-18(17)15-19/h3,7-10,15,23H,1-2,4-6,11-14,16H2. The van der Waals surface area contributed by atoms with E-state index in [0.717, 1.165) is 30.5 Å². The Morgan fingerprint density at radius 2 is 1.67 bits per heavy atom. The molecule has 1 aromatic carbocycles. The quantitative estimate of drug-likeness (QED) is 0.909. The van der Waals surface area contributed by atoms with Crippen LogP contribution in [0.3, 0.4) is 0 Å². The third kappa shape index (κ3) is 4.07. The number of rotatable bonds is 3. The van der Waals surface area contributed by atoms with Gasteiger partial charge in [0.05, 0.1) is 6.42 Å². The second kappa shape index (κ2) is 7.99. The summed E-state index contributed by atoms with van der Waals surface area (Å²) < 4.78 is 0. The molecule has 5 nitrogen and oxygen atoms in total. The first-order chi connectivity index (χ1) is 13.2. The fourth-order valence-electron chi connectivity index (χ4n) is 4.17. The van der Waals surface area contributed by atoms with Crippen LogP contribution in [0.2, 0.25) is 0 Å². The number of carbonyl (C=O) groups is 2. The van der Waals surface area contributed by atoms with Gasteiger partial charge in [-0.05, 0) is 67.5 Å². The number of amides is 2. The summed E-state index contributed by atoms with van der Waals surface area (Å²) in [5, 5.41) is 0. The van der Waals surface area contributed by atoms with Crippen molar-refractivity contribution < 1.29 is 9.59 Å². The van der Waals surface area contributed by atoms with Crippen LogP contribution in [0.5, 0.6) is 0 Å². The lowest BCUT2D eigenvalue weighted by Gasteiger charge is -2.23. The van der Waals surface area contributed by atoms with E-state index in [0.29, 0.717) is 32.6 Å². The molecule has 0 radical (unpaired) electrons. The number of fused-ring (bicyclic) bond motifs is 1. The minimum absolute atomic E-state index is 0.0991. The van der Waals surface area contributed by atoms with E-state index in [2.05, 4.69) is 17.1 Å². The van der Waals surface area contributed by atoms with Gasteiger partial charge in [0.2, 0.25) is 5.91 Å². The summed E-state index contributed by atoms with van der Waals surface area (Å²) in [6.45, 7) is 2.64. The highest BCUT2D eigenvalue weighted by Crippen LogP contribution is 2.23. The predicted molar refractivity (Wildman–Crippen MR) is 105 cm³/mol. The van der Waals surface area contributed by atoms with Gasteiger partial charge in [-0.3, -0.25) is 9.59 Å². The summed E-state index contributed by atoms with van der Waals surface area (Å²) >= 11 is 0. The van der Waals surface area contributed by atoms with Crippen LogP contribution in [0.25, 0.3) is 0 Å². The van der Waals surface area contributed by atoms with Crippen LogP contribution >= 0.6 is 0 Å². The number of aromatic nitrogens is 1. The van der Waals surface area contributed by atoms with Crippen LogP contribution < -0.4 is 0 Å². The fraction of sp³-hybridized carbons (Fsp3) is 0.455. The van der Waals surface area contributed by atoms with E-state index in [9.17, 15) is 9.59 Å². The highest BCUT2D eigenvalue weighted by molar-refractivity contribution is 5.94. The van der Waals surface area contributed by atoms with E-state index in [1.807, 2.05) is 34.2 Å². The van der Waals surface area contributed by atoms with E-state index in [1.165, 1.54) is 24.0 Å². The van der Waals surface area contributed by atoms with Crippen molar-refractivity contribution in [2.45, 2.75) is 38.5 Å². The van der Waals surface area contributed by atoms with Gasteiger partial charge < -0.3 is 14.8 Å². The Bertz CT molecular complexity index is 813. The molecule has 4 rings (SSSR count). The number of carbonyl (C=O) groups excluding carboxylic acids is 2. The molecule has 0 saturated carbocycles. The molecule has 2 heterocycles. The summed E-state index contributed by atoms with van der Waals surface area (Å²) in [7, 11) is 0. The van der Waals surface area contributed by atoms with Crippen LogP contribution in [-0.4, -0.2) is 52.8 Å². The average Bonchev–Trinajstić information content (AvgIpc) is 3.08. The van der Waals surface area contributed by atoms with Crippen molar-refractivity contribution in [3.63, 3.8) is 0 Å². The molecule has 2 aliphatic rings. The molecule has 2 amide bonds. The number of benzene rings is 1. The van der Waals surface area contributed by atoms with Crippen molar-refractivity contribution in [1.29, 1.82) is 0 Å². The SMILES string of the molecule is O=C(Cc1ccc[nH]1)N1CCCN(C(=O)c2ccc3c(c2)CCCC3)CC1. The number of nitrogens with zero attached hydrogens (tertiary/aromatic N) is 2. The van der Waals surface area contributed by atoms with Gasteiger partial charge in [0.25, 0.3) is 5.91 Å². The lowest BCUT2D eigenvalue weighted by Crippen LogP contribution is -2.38. The van der Waals surface area contributed by atoms with Crippen molar-refractivity contribution in [3.05, 3.63) is 58.9 Å².